The van der Waals surface area contributed by atoms with E-state index in [1.807, 2.05) is 0 Å². The molecule has 5 nitrogen and oxygen atoms in total. The van der Waals surface area contributed by atoms with E-state index in [0.29, 0.717) is 11.3 Å². The number of hydrogen-bond acceptors (Lipinski definition) is 4. The molecule has 0 saturated carbocycles. The highest BCUT2D eigenvalue weighted by atomic mass is 19.1. The Morgan fingerprint density at radius 3 is 2.66 bits per heavy atom. The first kappa shape index (κ1) is 21.2. The van der Waals surface area contributed by atoms with E-state index in [-0.39, 0.29) is 18.0 Å². The zero-order chi connectivity index (χ0) is 21.6. The minimum absolute atomic E-state index is 0.241. The van der Waals surface area contributed by atoms with Crippen LogP contribution in [0.15, 0.2) is 47.3 Å². The minimum Gasteiger partial charge on any atom is -0.485 e. The number of methoxy groups -OCH3 is 1. The second-order valence-corrected chi connectivity index (χ2v) is 7.98. The molecule has 1 N–H and O–H groups in total. The molecule has 0 aromatic heterocycles. The fraction of sp³-hybridized carbons (Fsp3) is 0.409. The van der Waals surface area contributed by atoms with Gasteiger partial charge in [-0.15, -0.1) is 0 Å². The van der Waals surface area contributed by atoms with E-state index in [9.17, 15) is 18.7 Å². The van der Waals surface area contributed by atoms with Crippen LogP contribution >= 0.6 is 0 Å². The van der Waals surface area contributed by atoms with Crippen LogP contribution in [0.25, 0.3) is 6.08 Å². The molecular formula is C22H25F2NO4. The van der Waals surface area contributed by atoms with Gasteiger partial charge in [0.15, 0.2) is 5.60 Å². The molecule has 0 spiro atoms. The summed E-state index contributed by atoms with van der Waals surface area (Å²) >= 11 is 0. The molecule has 3 rings (SSSR count). The molecule has 29 heavy (non-hydrogen) atoms. The smallest absolute Gasteiger partial charge is 0.253 e. The Balaban J connectivity index is 1.75. The highest BCUT2D eigenvalue weighted by molar-refractivity contribution is 5.97. The highest BCUT2D eigenvalue weighted by Crippen LogP contribution is 2.51. The Bertz CT molecular complexity index is 935. The van der Waals surface area contributed by atoms with Crippen LogP contribution in [-0.4, -0.2) is 53.9 Å². The predicted octanol–water partition coefficient (Wildman–Crippen LogP) is 3.21. The molecule has 2 unspecified atom stereocenters. The maximum Gasteiger partial charge on any atom is 0.253 e. The molecule has 0 bridgehead atoms. The lowest BCUT2D eigenvalue weighted by Gasteiger charge is -2.57. The third-order valence-corrected chi connectivity index (χ3v) is 5.39. The summed E-state index contributed by atoms with van der Waals surface area (Å²) in [4.78, 5) is 14.3. The molecule has 0 radical (unpaired) electrons. The van der Waals surface area contributed by atoms with Crippen molar-refractivity contribution >= 4 is 12.0 Å². The molecule has 1 fully saturated rings. The zero-order valence-electron chi connectivity index (χ0n) is 17.1. The lowest BCUT2D eigenvalue weighted by molar-refractivity contribution is -0.269. The van der Waals surface area contributed by atoms with Crippen LogP contribution in [0.5, 0.6) is 0 Å². The van der Waals surface area contributed by atoms with Crippen molar-refractivity contribution in [1.29, 1.82) is 0 Å². The summed E-state index contributed by atoms with van der Waals surface area (Å²) < 4.78 is 37.9. The van der Waals surface area contributed by atoms with Gasteiger partial charge in [0.2, 0.25) is 0 Å². The molecule has 1 amide bonds. The Morgan fingerprint density at radius 1 is 1.38 bits per heavy atom. The van der Waals surface area contributed by atoms with E-state index in [2.05, 4.69) is 0 Å². The number of aliphatic hydroxyl groups is 1. The van der Waals surface area contributed by atoms with Crippen LogP contribution in [0.1, 0.15) is 26.3 Å². The molecule has 1 aromatic rings. The van der Waals surface area contributed by atoms with Gasteiger partial charge in [0, 0.05) is 37.9 Å². The number of carbonyl (C=O) groups excluding carboxylic acids is 1. The number of rotatable bonds is 5. The number of nitrogens with zero attached hydrogens (tertiary/aromatic N) is 1. The molecule has 7 heteroatoms. The van der Waals surface area contributed by atoms with Crippen molar-refractivity contribution < 1.29 is 28.2 Å². The Kier molecular flexibility index (Phi) is 5.40. The van der Waals surface area contributed by atoms with Crippen molar-refractivity contribution in [2.24, 2.45) is 0 Å². The first-order valence-electron chi connectivity index (χ1n) is 9.25. The van der Waals surface area contributed by atoms with E-state index in [4.69, 9.17) is 9.47 Å². The topological polar surface area (TPSA) is 59.0 Å². The summed E-state index contributed by atoms with van der Waals surface area (Å²) in [6, 6.07) is 3.35. The van der Waals surface area contributed by atoms with Crippen molar-refractivity contribution in [2.45, 2.75) is 38.1 Å². The molecule has 1 aromatic carbocycles. The Hall–Kier alpha value is -2.51. The van der Waals surface area contributed by atoms with Crippen molar-refractivity contribution in [3.63, 3.8) is 0 Å². The van der Waals surface area contributed by atoms with Crippen molar-refractivity contribution in [2.75, 3.05) is 20.7 Å². The van der Waals surface area contributed by atoms with Gasteiger partial charge in [0.25, 0.3) is 5.91 Å². The van der Waals surface area contributed by atoms with E-state index >= 15 is 0 Å². The van der Waals surface area contributed by atoms with Crippen molar-refractivity contribution in [3.8, 4) is 0 Å². The molecule has 1 heterocycles. The monoisotopic (exact) mass is 405 g/mol. The molecular weight excluding hydrogens is 380 g/mol. The third-order valence-electron chi connectivity index (χ3n) is 5.39. The lowest BCUT2D eigenvalue weighted by Crippen LogP contribution is -2.70. The fourth-order valence-corrected chi connectivity index (χ4v) is 3.74. The largest absolute Gasteiger partial charge is 0.485 e. The molecule has 1 saturated heterocycles. The van der Waals surface area contributed by atoms with Gasteiger partial charge in [-0.25, -0.2) is 8.78 Å². The van der Waals surface area contributed by atoms with Crippen LogP contribution in [0, 0.1) is 11.6 Å². The minimum atomic E-state index is -1.32. The number of halogens is 2. The maximum absolute atomic E-state index is 13.8. The van der Waals surface area contributed by atoms with Gasteiger partial charge in [-0.3, -0.25) is 4.79 Å². The van der Waals surface area contributed by atoms with Gasteiger partial charge < -0.3 is 19.5 Å². The number of carbonyl (C=O) groups is 1. The Morgan fingerprint density at radius 2 is 2.07 bits per heavy atom. The molecule has 1 aliphatic heterocycles. The molecule has 156 valence electrons. The van der Waals surface area contributed by atoms with E-state index in [1.54, 1.807) is 40.0 Å². The summed E-state index contributed by atoms with van der Waals surface area (Å²) in [5.41, 5.74) is -0.834. The van der Waals surface area contributed by atoms with Crippen molar-refractivity contribution in [1.82, 2.24) is 4.90 Å². The number of likely N-dealkylation sites (N-methyl/N-ethyl adjacent to an activating group) is 1. The lowest BCUT2D eigenvalue weighted by atomic mass is 9.70. The normalized spacial score (nSPS) is 25.2. The number of ether oxygens (including phenoxy) is 2. The maximum atomic E-state index is 13.8. The number of fused-ring (bicyclic) bond motifs is 1. The van der Waals surface area contributed by atoms with Crippen LogP contribution in [0.2, 0.25) is 0 Å². The quantitative estimate of drug-likeness (QED) is 0.817. The summed E-state index contributed by atoms with van der Waals surface area (Å²) in [7, 11) is 3.08. The van der Waals surface area contributed by atoms with Gasteiger partial charge in [-0.2, -0.15) is 0 Å². The average Bonchev–Trinajstić information content (AvgIpc) is 2.64. The summed E-state index contributed by atoms with van der Waals surface area (Å²) in [6.45, 7) is 5.51. The van der Waals surface area contributed by atoms with Gasteiger partial charge in [0.05, 0.1) is 0 Å². The first-order valence-corrected chi connectivity index (χ1v) is 9.25. The van der Waals surface area contributed by atoms with Crippen LogP contribution in [0.4, 0.5) is 8.78 Å². The van der Waals surface area contributed by atoms with E-state index < -0.39 is 28.9 Å². The van der Waals surface area contributed by atoms with Gasteiger partial charge in [0.1, 0.15) is 29.1 Å². The predicted molar refractivity (Wildman–Crippen MR) is 105 cm³/mol. The van der Waals surface area contributed by atoms with Gasteiger partial charge in [-0.05, 0) is 45.1 Å². The summed E-state index contributed by atoms with van der Waals surface area (Å²) in [5.74, 6) is -1.29. The highest BCUT2D eigenvalue weighted by Gasteiger charge is 2.65. The average molecular weight is 405 g/mol. The molecule has 2 aliphatic rings. The molecule has 2 atom stereocenters. The van der Waals surface area contributed by atoms with Crippen LogP contribution in [-0.2, 0) is 14.3 Å². The van der Waals surface area contributed by atoms with Gasteiger partial charge in [-0.1, -0.05) is 11.6 Å². The van der Waals surface area contributed by atoms with Gasteiger partial charge >= 0.3 is 0 Å². The van der Waals surface area contributed by atoms with Crippen molar-refractivity contribution in [3.05, 3.63) is 64.5 Å². The third kappa shape index (κ3) is 3.60. The summed E-state index contributed by atoms with van der Waals surface area (Å²) in [5, 5.41) is 11.0. The Labute approximate surface area is 168 Å². The zero-order valence-corrected chi connectivity index (χ0v) is 17.1. The second-order valence-electron chi connectivity index (χ2n) is 7.98. The number of amides is 1. The van der Waals surface area contributed by atoms with Crippen LogP contribution < -0.4 is 0 Å². The number of benzene rings is 1. The van der Waals surface area contributed by atoms with E-state index in [1.165, 1.54) is 30.2 Å². The molecule has 1 aliphatic carbocycles. The standard InChI is InChI=1S/C22H25F2NO4/c1-13(8-14-6-7-16(23)11-17(14)24)12-25(4)20(26)15-9-18(28-5)22(27)19(10-15)29-21(22,2)3/h6-11,18,27H,12H2,1-5H3/b13-8+. The SMILES string of the molecule is COC1C=C(C(=O)N(C)C/C(C)=C/c2ccc(F)cc2F)C=C2OC(C)(C)C21O. The first-order chi connectivity index (χ1) is 13.5. The van der Waals surface area contributed by atoms with Crippen LogP contribution in [0.3, 0.4) is 0 Å². The second kappa shape index (κ2) is 7.39. The summed E-state index contributed by atoms with van der Waals surface area (Å²) in [6.07, 6.45) is 3.97. The number of hydrogen-bond donors (Lipinski definition) is 1. The van der Waals surface area contributed by atoms with E-state index in [0.717, 1.165) is 11.6 Å². The fourth-order valence-electron chi connectivity index (χ4n) is 3.74.